The van der Waals surface area contributed by atoms with Crippen molar-refractivity contribution in [1.82, 2.24) is 19.7 Å². The van der Waals surface area contributed by atoms with E-state index in [4.69, 9.17) is 11.6 Å². The highest BCUT2D eigenvalue weighted by Gasteiger charge is 2.30. The number of benzene rings is 2. The summed E-state index contributed by atoms with van der Waals surface area (Å²) in [5.41, 5.74) is 3.71. The average Bonchev–Trinajstić information content (AvgIpc) is 3.39. The normalized spacial score (nSPS) is 18.2. The Morgan fingerprint density at radius 3 is 2.53 bits per heavy atom. The van der Waals surface area contributed by atoms with Gasteiger partial charge in [0.2, 0.25) is 0 Å². The van der Waals surface area contributed by atoms with Gasteiger partial charge in [-0.05, 0) is 62.2 Å². The smallest absolute Gasteiger partial charge is 0.253 e. The van der Waals surface area contributed by atoms with Crippen LogP contribution in [0.2, 0.25) is 5.02 Å². The van der Waals surface area contributed by atoms with Gasteiger partial charge in [0, 0.05) is 35.9 Å². The molecule has 8 heteroatoms. The maximum Gasteiger partial charge on any atom is 0.253 e. The van der Waals surface area contributed by atoms with E-state index < -0.39 is 0 Å². The molecular weight excluding hydrogens is 513 g/mol. The van der Waals surface area contributed by atoms with Gasteiger partial charge >= 0.3 is 0 Å². The van der Waals surface area contributed by atoms with Crippen LogP contribution in [-0.2, 0) is 0 Å². The molecule has 2 aliphatic heterocycles. The number of aryl methyl sites for hydroxylation is 1. The second kappa shape index (κ2) is 7.85. The molecule has 2 aromatic carbocycles. The molecule has 0 spiro atoms. The van der Waals surface area contributed by atoms with Gasteiger partial charge in [0.15, 0.2) is 5.82 Å². The molecule has 0 radical (unpaired) electrons. The monoisotopic (exact) mass is 533 g/mol. The quantitative estimate of drug-likeness (QED) is 0.340. The number of aromatic nitrogens is 3. The van der Waals surface area contributed by atoms with E-state index in [-0.39, 0.29) is 9.83 Å². The number of halogens is 2. The molecule has 5 rings (SSSR count). The summed E-state index contributed by atoms with van der Waals surface area (Å²) in [5, 5.41) is 9.46. The Balaban J connectivity index is 1.67. The van der Waals surface area contributed by atoms with Gasteiger partial charge in [-0.2, -0.15) is 0 Å². The van der Waals surface area contributed by atoms with Crippen molar-refractivity contribution in [2.24, 2.45) is 0 Å². The Kier molecular flexibility index (Phi) is 5.18. The van der Waals surface area contributed by atoms with Crippen molar-refractivity contribution in [2.45, 2.75) is 23.7 Å². The van der Waals surface area contributed by atoms with E-state index in [1.54, 1.807) is 0 Å². The lowest BCUT2D eigenvalue weighted by Crippen LogP contribution is -2.28. The first-order chi connectivity index (χ1) is 14.5. The van der Waals surface area contributed by atoms with E-state index in [9.17, 15) is 4.79 Å². The Bertz CT molecular complexity index is 1110. The van der Waals surface area contributed by atoms with Gasteiger partial charge in [0.05, 0.1) is 15.3 Å². The van der Waals surface area contributed by atoms with Crippen molar-refractivity contribution in [3.8, 4) is 5.69 Å². The fourth-order valence-electron chi connectivity index (χ4n) is 4.25. The van der Waals surface area contributed by atoms with Crippen LogP contribution < -0.4 is 4.90 Å². The zero-order chi connectivity index (χ0) is 20.8. The second-order valence-electron chi connectivity index (χ2n) is 7.70. The molecule has 0 unspecified atom stereocenters. The summed E-state index contributed by atoms with van der Waals surface area (Å²) in [7, 11) is 0. The summed E-state index contributed by atoms with van der Waals surface area (Å²) in [6, 6.07) is 13.8. The number of hydrogen-bond donors (Lipinski definition) is 0. The molecule has 3 aromatic rings. The van der Waals surface area contributed by atoms with Gasteiger partial charge < -0.3 is 9.80 Å². The fraction of sp³-hybridized carbons (Fsp3) is 0.318. The minimum atomic E-state index is 0.0994. The fourth-order valence-corrected chi connectivity index (χ4v) is 5.17. The summed E-state index contributed by atoms with van der Waals surface area (Å²) >= 11 is 8.55. The number of amides is 1. The van der Waals surface area contributed by atoms with E-state index in [1.807, 2.05) is 54.3 Å². The molecule has 6 nitrogen and oxygen atoms in total. The van der Waals surface area contributed by atoms with Crippen LogP contribution in [0.15, 0.2) is 42.5 Å². The van der Waals surface area contributed by atoms with Gasteiger partial charge in [0.25, 0.3) is 5.91 Å². The lowest BCUT2D eigenvalue weighted by Gasteiger charge is -2.27. The van der Waals surface area contributed by atoms with Crippen LogP contribution in [0.4, 0.5) is 11.4 Å². The van der Waals surface area contributed by atoms with Crippen LogP contribution in [0.5, 0.6) is 0 Å². The Morgan fingerprint density at radius 1 is 1.07 bits per heavy atom. The van der Waals surface area contributed by atoms with Crippen molar-refractivity contribution in [3.05, 3.63) is 64.7 Å². The van der Waals surface area contributed by atoms with E-state index in [0.717, 1.165) is 54.6 Å². The van der Waals surface area contributed by atoms with Crippen molar-refractivity contribution < 1.29 is 4.79 Å². The number of alkyl halides is 1. The Hall–Kier alpha value is -2.13. The van der Waals surface area contributed by atoms with Gasteiger partial charge in [-0.15, -0.1) is 10.2 Å². The van der Waals surface area contributed by atoms with Crippen LogP contribution >= 0.6 is 34.2 Å². The zero-order valence-electron chi connectivity index (χ0n) is 16.6. The standard InChI is InChI=1S/C22H21ClIN5O/c1-14-25-26-21-18(24)13-28(17-7-5-16(23)6-8-17)20-12-15(4-9-19(20)29(14)21)22(30)27-10-2-3-11-27/h4-9,12,18H,2-3,10-11,13H2,1H3/t18-/m1/s1. The maximum absolute atomic E-state index is 13.1. The van der Waals surface area contributed by atoms with Gasteiger partial charge in [-0.25, -0.2) is 0 Å². The zero-order valence-corrected chi connectivity index (χ0v) is 19.5. The Labute approximate surface area is 194 Å². The van der Waals surface area contributed by atoms with E-state index in [0.29, 0.717) is 17.1 Å². The lowest BCUT2D eigenvalue weighted by molar-refractivity contribution is 0.0793. The first-order valence-corrected chi connectivity index (χ1v) is 11.7. The molecule has 1 atom stereocenters. The van der Waals surface area contributed by atoms with Crippen molar-refractivity contribution >= 4 is 51.5 Å². The third-order valence-corrected chi connectivity index (χ3v) is 6.96. The highest BCUT2D eigenvalue weighted by molar-refractivity contribution is 14.1. The molecule has 1 amide bonds. The topological polar surface area (TPSA) is 54.3 Å². The van der Waals surface area contributed by atoms with Crippen molar-refractivity contribution in [1.29, 1.82) is 0 Å². The highest BCUT2D eigenvalue weighted by atomic mass is 127. The Morgan fingerprint density at radius 2 is 1.80 bits per heavy atom. The molecule has 0 aliphatic carbocycles. The molecule has 30 heavy (non-hydrogen) atoms. The summed E-state index contributed by atoms with van der Waals surface area (Å²) in [4.78, 5) is 17.3. The highest BCUT2D eigenvalue weighted by Crippen LogP contribution is 2.41. The first kappa shape index (κ1) is 19.8. The maximum atomic E-state index is 13.1. The number of carbonyl (C=O) groups excluding carboxylic acids is 1. The number of anilines is 2. The molecule has 2 aliphatic rings. The van der Waals surface area contributed by atoms with Crippen LogP contribution in [0, 0.1) is 6.92 Å². The van der Waals surface area contributed by atoms with Crippen LogP contribution in [0.3, 0.4) is 0 Å². The van der Waals surface area contributed by atoms with Crippen LogP contribution in [-0.4, -0.2) is 45.2 Å². The van der Waals surface area contributed by atoms with Crippen LogP contribution in [0.25, 0.3) is 5.69 Å². The number of likely N-dealkylation sites (tertiary alicyclic amines) is 1. The number of rotatable bonds is 2. The summed E-state index contributed by atoms with van der Waals surface area (Å²) < 4.78 is 2.23. The molecule has 3 heterocycles. The van der Waals surface area contributed by atoms with Crippen LogP contribution in [0.1, 0.15) is 38.8 Å². The van der Waals surface area contributed by atoms with Crippen molar-refractivity contribution in [2.75, 3.05) is 24.5 Å². The minimum absolute atomic E-state index is 0.0994. The molecule has 1 fully saturated rings. The molecule has 0 saturated carbocycles. The average molecular weight is 534 g/mol. The third-order valence-electron chi connectivity index (χ3n) is 5.76. The number of carbonyl (C=O) groups is 1. The summed E-state index contributed by atoms with van der Waals surface area (Å²) in [6.45, 7) is 4.35. The van der Waals surface area contributed by atoms with Gasteiger partial charge in [0.1, 0.15) is 5.82 Å². The molecular formula is C22H21ClIN5O. The molecule has 1 saturated heterocycles. The van der Waals surface area contributed by atoms with Gasteiger partial charge in [-0.3, -0.25) is 9.36 Å². The van der Waals surface area contributed by atoms with Crippen molar-refractivity contribution in [3.63, 3.8) is 0 Å². The summed E-state index contributed by atoms with van der Waals surface area (Å²) in [5.74, 6) is 1.86. The first-order valence-electron chi connectivity index (χ1n) is 10.1. The second-order valence-corrected chi connectivity index (χ2v) is 9.64. The van der Waals surface area contributed by atoms with Gasteiger partial charge in [-0.1, -0.05) is 34.2 Å². The predicted octanol–water partition coefficient (Wildman–Crippen LogP) is 5.09. The predicted molar refractivity (Wildman–Crippen MR) is 126 cm³/mol. The minimum Gasteiger partial charge on any atom is -0.339 e. The van der Waals surface area contributed by atoms with E-state index in [1.165, 1.54) is 0 Å². The summed E-state index contributed by atoms with van der Waals surface area (Å²) in [6.07, 6.45) is 2.15. The third kappa shape index (κ3) is 3.37. The SMILES string of the molecule is Cc1nnc2n1-c1ccc(C(=O)N3CCCC3)cc1N(c1ccc(Cl)cc1)C[C@H]2I. The lowest BCUT2D eigenvalue weighted by atomic mass is 10.1. The molecule has 154 valence electrons. The van der Waals surface area contributed by atoms with E-state index in [2.05, 4.69) is 42.3 Å². The van der Waals surface area contributed by atoms with E-state index >= 15 is 0 Å². The number of fused-ring (bicyclic) bond motifs is 3. The largest absolute Gasteiger partial charge is 0.339 e. The number of nitrogens with zero attached hydrogens (tertiary/aromatic N) is 5. The molecule has 0 N–H and O–H groups in total. The number of hydrogen-bond acceptors (Lipinski definition) is 4. The molecule has 1 aromatic heterocycles. The molecule has 0 bridgehead atoms.